The summed E-state index contributed by atoms with van der Waals surface area (Å²) in [5.41, 5.74) is 1.03. The van der Waals surface area contributed by atoms with Crippen LogP contribution in [0.1, 0.15) is 36.5 Å². The summed E-state index contributed by atoms with van der Waals surface area (Å²) in [7, 11) is 3.89. The van der Waals surface area contributed by atoms with Crippen molar-refractivity contribution in [2.24, 2.45) is 0 Å². The number of hydrogen-bond acceptors (Lipinski definition) is 3. The van der Waals surface area contributed by atoms with Crippen molar-refractivity contribution < 1.29 is 9.90 Å². The molecule has 1 N–H and O–H groups in total. The van der Waals surface area contributed by atoms with Gasteiger partial charge in [-0.1, -0.05) is 12.1 Å². The molecule has 1 atom stereocenters. The molecule has 0 unspecified atom stereocenters. The highest BCUT2D eigenvalue weighted by atomic mass is 16.3. The van der Waals surface area contributed by atoms with Crippen LogP contribution in [0.4, 0.5) is 5.69 Å². The number of para-hydroxylation sites is 1. The number of carbonyl (C=O) groups is 1. The smallest absolute Gasteiger partial charge is 0.255 e. The molecule has 1 fully saturated rings. The molecule has 0 radical (unpaired) electrons. The first-order chi connectivity index (χ1) is 9.41. The van der Waals surface area contributed by atoms with Crippen molar-refractivity contribution >= 4 is 11.6 Å². The van der Waals surface area contributed by atoms with Gasteiger partial charge in [-0.3, -0.25) is 4.79 Å². The molecule has 0 spiro atoms. The van der Waals surface area contributed by atoms with E-state index in [1.165, 1.54) is 0 Å². The second-order valence-electron chi connectivity index (χ2n) is 6.05. The molecule has 0 aromatic heterocycles. The largest absolute Gasteiger partial charge is 0.390 e. The van der Waals surface area contributed by atoms with E-state index in [4.69, 9.17) is 0 Å². The Labute approximate surface area is 121 Å². The van der Waals surface area contributed by atoms with Crippen molar-refractivity contribution in [3.63, 3.8) is 0 Å². The van der Waals surface area contributed by atoms with Crippen LogP contribution in [0.25, 0.3) is 0 Å². The van der Waals surface area contributed by atoms with Gasteiger partial charge in [0, 0.05) is 32.9 Å². The molecule has 2 rings (SSSR count). The second-order valence-corrected chi connectivity index (χ2v) is 6.05. The Hall–Kier alpha value is -1.55. The molecule has 1 aliphatic heterocycles. The van der Waals surface area contributed by atoms with Gasteiger partial charge in [-0.2, -0.15) is 0 Å². The zero-order chi connectivity index (χ0) is 14.8. The minimum absolute atomic E-state index is 0.0620. The second kappa shape index (κ2) is 5.83. The molecular formula is C16H24N2O2. The summed E-state index contributed by atoms with van der Waals surface area (Å²) in [5, 5.41) is 10.1. The SMILES string of the molecule is CN(C)c1ccccc1C(=O)N1CCC[C@](C)(O)CC1. The van der Waals surface area contributed by atoms with E-state index < -0.39 is 5.60 Å². The van der Waals surface area contributed by atoms with Gasteiger partial charge in [-0.15, -0.1) is 0 Å². The van der Waals surface area contributed by atoms with Gasteiger partial charge in [-0.05, 0) is 38.3 Å². The molecule has 0 bridgehead atoms. The Balaban J connectivity index is 2.19. The lowest BCUT2D eigenvalue weighted by Crippen LogP contribution is -2.34. The third-order valence-electron chi connectivity index (χ3n) is 3.97. The zero-order valence-corrected chi connectivity index (χ0v) is 12.6. The molecule has 1 aromatic carbocycles. The van der Waals surface area contributed by atoms with Crippen LogP contribution in [0.5, 0.6) is 0 Å². The first kappa shape index (κ1) is 14.9. The van der Waals surface area contributed by atoms with Crippen molar-refractivity contribution in [2.75, 3.05) is 32.1 Å². The number of carbonyl (C=O) groups excluding carboxylic acids is 1. The van der Waals surface area contributed by atoms with Crippen LogP contribution in [-0.4, -0.2) is 48.7 Å². The summed E-state index contributed by atoms with van der Waals surface area (Å²) < 4.78 is 0. The Morgan fingerprint density at radius 2 is 1.95 bits per heavy atom. The summed E-state index contributed by atoms with van der Waals surface area (Å²) >= 11 is 0. The number of anilines is 1. The van der Waals surface area contributed by atoms with Gasteiger partial charge in [0.05, 0.1) is 11.2 Å². The van der Waals surface area contributed by atoms with E-state index in [-0.39, 0.29) is 5.91 Å². The monoisotopic (exact) mass is 276 g/mol. The van der Waals surface area contributed by atoms with Gasteiger partial charge in [0.15, 0.2) is 0 Å². The highest BCUT2D eigenvalue weighted by Crippen LogP contribution is 2.25. The van der Waals surface area contributed by atoms with E-state index in [1.54, 1.807) is 0 Å². The van der Waals surface area contributed by atoms with Gasteiger partial charge in [0.25, 0.3) is 5.91 Å². The van der Waals surface area contributed by atoms with Gasteiger partial charge in [-0.25, -0.2) is 0 Å². The molecule has 4 nitrogen and oxygen atoms in total. The number of aliphatic hydroxyl groups is 1. The lowest BCUT2D eigenvalue weighted by molar-refractivity contribution is 0.0438. The molecule has 1 saturated heterocycles. The molecule has 1 aliphatic rings. The topological polar surface area (TPSA) is 43.8 Å². The van der Waals surface area contributed by atoms with Gasteiger partial charge in [0.2, 0.25) is 0 Å². The number of nitrogens with zero attached hydrogens (tertiary/aromatic N) is 2. The van der Waals surface area contributed by atoms with Gasteiger partial charge < -0.3 is 14.9 Å². The van der Waals surface area contributed by atoms with E-state index >= 15 is 0 Å². The zero-order valence-electron chi connectivity index (χ0n) is 12.6. The molecule has 0 aliphatic carbocycles. The van der Waals surface area contributed by atoms with E-state index in [0.717, 1.165) is 30.6 Å². The lowest BCUT2D eigenvalue weighted by Gasteiger charge is -2.25. The minimum atomic E-state index is -0.643. The fourth-order valence-corrected chi connectivity index (χ4v) is 2.68. The lowest BCUT2D eigenvalue weighted by atomic mass is 9.98. The average molecular weight is 276 g/mol. The summed E-state index contributed by atoms with van der Waals surface area (Å²) in [6.07, 6.45) is 2.25. The molecule has 4 heteroatoms. The van der Waals surface area contributed by atoms with Crippen LogP contribution in [0.15, 0.2) is 24.3 Å². The number of likely N-dealkylation sites (tertiary alicyclic amines) is 1. The number of hydrogen-bond donors (Lipinski definition) is 1. The maximum atomic E-state index is 12.7. The Morgan fingerprint density at radius 1 is 1.25 bits per heavy atom. The molecule has 20 heavy (non-hydrogen) atoms. The Bertz CT molecular complexity index is 483. The highest BCUT2D eigenvalue weighted by Gasteiger charge is 2.28. The predicted molar refractivity (Wildman–Crippen MR) is 81.1 cm³/mol. The highest BCUT2D eigenvalue weighted by molar-refractivity contribution is 5.99. The van der Waals surface area contributed by atoms with E-state index in [1.807, 2.05) is 55.1 Å². The Morgan fingerprint density at radius 3 is 2.65 bits per heavy atom. The average Bonchev–Trinajstić information content (AvgIpc) is 2.59. The fourth-order valence-electron chi connectivity index (χ4n) is 2.68. The van der Waals surface area contributed by atoms with Gasteiger partial charge >= 0.3 is 0 Å². The van der Waals surface area contributed by atoms with E-state index in [0.29, 0.717) is 13.0 Å². The van der Waals surface area contributed by atoms with Crippen LogP contribution in [0.3, 0.4) is 0 Å². The summed E-state index contributed by atoms with van der Waals surface area (Å²) in [6.45, 7) is 3.19. The predicted octanol–water partition coefficient (Wildman–Crippen LogP) is 2.13. The molecule has 1 amide bonds. The first-order valence-corrected chi connectivity index (χ1v) is 7.19. The minimum Gasteiger partial charge on any atom is -0.390 e. The van der Waals surface area contributed by atoms with Gasteiger partial charge in [0.1, 0.15) is 0 Å². The van der Waals surface area contributed by atoms with Crippen LogP contribution in [0.2, 0.25) is 0 Å². The van der Waals surface area contributed by atoms with Crippen molar-refractivity contribution in [3.05, 3.63) is 29.8 Å². The Kier molecular flexibility index (Phi) is 4.33. The van der Waals surface area contributed by atoms with Crippen molar-refractivity contribution in [2.45, 2.75) is 31.8 Å². The van der Waals surface area contributed by atoms with Crippen LogP contribution >= 0.6 is 0 Å². The first-order valence-electron chi connectivity index (χ1n) is 7.19. The standard InChI is InChI=1S/C16H24N2O2/c1-16(20)9-6-11-18(12-10-16)15(19)13-7-4-5-8-14(13)17(2)3/h4-5,7-8,20H,6,9-12H2,1-3H3/t16-/m0/s1. The third kappa shape index (κ3) is 3.31. The fraction of sp³-hybridized carbons (Fsp3) is 0.562. The quantitative estimate of drug-likeness (QED) is 0.900. The molecule has 110 valence electrons. The number of amides is 1. The van der Waals surface area contributed by atoms with Crippen molar-refractivity contribution in [1.82, 2.24) is 4.90 Å². The van der Waals surface area contributed by atoms with E-state index in [2.05, 4.69) is 0 Å². The van der Waals surface area contributed by atoms with Crippen LogP contribution in [0, 0.1) is 0 Å². The summed E-state index contributed by atoms with van der Waals surface area (Å²) in [4.78, 5) is 16.5. The van der Waals surface area contributed by atoms with E-state index in [9.17, 15) is 9.90 Å². The van der Waals surface area contributed by atoms with Crippen LogP contribution in [-0.2, 0) is 0 Å². The van der Waals surface area contributed by atoms with Crippen LogP contribution < -0.4 is 4.90 Å². The molecular weight excluding hydrogens is 252 g/mol. The maximum Gasteiger partial charge on any atom is 0.255 e. The maximum absolute atomic E-state index is 12.7. The van der Waals surface area contributed by atoms with Crippen molar-refractivity contribution in [3.8, 4) is 0 Å². The molecule has 1 heterocycles. The molecule has 1 aromatic rings. The third-order valence-corrected chi connectivity index (χ3v) is 3.97. The number of rotatable bonds is 2. The summed E-state index contributed by atoms with van der Waals surface area (Å²) in [5.74, 6) is 0.0620. The normalized spacial score (nSPS) is 23.3. The summed E-state index contributed by atoms with van der Waals surface area (Å²) in [6, 6.07) is 7.68. The molecule has 0 saturated carbocycles. The van der Waals surface area contributed by atoms with Crippen molar-refractivity contribution in [1.29, 1.82) is 0 Å². The number of benzene rings is 1.